The number of ether oxygens (including phenoxy) is 1. The highest BCUT2D eigenvalue weighted by molar-refractivity contribution is 7.99. The summed E-state index contributed by atoms with van der Waals surface area (Å²) in [5.74, 6) is 4.47. The maximum Gasteiger partial charge on any atom is 0.235 e. The summed E-state index contributed by atoms with van der Waals surface area (Å²) in [6.45, 7) is 0. The van der Waals surface area contributed by atoms with Gasteiger partial charge in [-0.05, 0) is 24.3 Å². The molecule has 7 nitrogen and oxygen atoms in total. The van der Waals surface area contributed by atoms with Crippen molar-refractivity contribution in [1.82, 2.24) is 14.9 Å². The molecule has 0 aliphatic heterocycles. The van der Waals surface area contributed by atoms with E-state index in [0.29, 0.717) is 17.1 Å². The number of halogens is 2. The van der Waals surface area contributed by atoms with Crippen LogP contribution in [0, 0.1) is 11.6 Å². The van der Waals surface area contributed by atoms with Crippen molar-refractivity contribution < 1.29 is 18.3 Å². The summed E-state index contributed by atoms with van der Waals surface area (Å²) in [4.78, 5) is 12.0. The topological polar surface area (TPSA) is 95.1 Å². The number of amides is 1. The number of aromatic nitrogens is 3. The van der Waals surface area contributed by atoms with Crippen molar-refractivity contribution >= 4 is 23.4 Å². The summed E-state index contributed by atoms with van der Waals surface area (Å²) in [6.07, 6.45) is 0. The van der Waals surface area contributed by atoms with E-state index in [1.165, 1.54) is 17.9 Å². The van der Waals surface area contributed by atoms with Crippen molar-refractivity contribution in [2.24, 2.45) is 0 Å². The quantitative estimate of drug-likeness (QED) is 0.496. The summed E-state index contributed by atoms with van der Waals surface area (Å²) < 4.78 is 33.7. The molecule has 2 aromatic carbocycles. The van der Waals surface area contributed by atoms with Gasteiger partial charge >= 0.3 is 0 Å². The Hall–Kier alpha value is -3.14. The molecule has 3 rings (SSSR count). The Labute approximate surface area is 157 Å². The summed E-state index contributed by atoms with van der Waals surface area (Å²) in [5, 5.41) is 10.4. The van der Waals surface area contributed by atoms with E-state index in [0.717, 1.165) is 23.9 Å². The van der Waals surface area contributed by atoms with Gasteiger partial charge in [0.15, 0.2) is 5.82 Å². The number of hydrogen-bond donors (Lipinski definition) is 2. The van der Waals surface area contributed by atoms with Gasteiger partial charge in [-0.15, -0.1) is 10.2 Å². The molecule has 0 saturated heterocycles. The fourth-order valence-corrected chi connectivity index (χ4v) is 2.97. The monoisotopic (exact) mass is 391 g/mol. The second kappa shape index (κ2) is 8.04. The molecule has 140 valence electrons. The highest BCUT2D eigenvalue weighted by atomic mass is 32.2. The van der Waals surface area contributed by atoms with E-state index in [4.69, 9.17) is 10.6 Å². The lowest BCUT2D eigenvalue weighted by Crippen LogP contribution is -2.18. The Balaban J connectivity index is 1.71. The van der Waals surface area contributed by atoms with Gasteiger partial charge < -0.3 is 15.9 Å². The van der Waals surface area contributed by atoms with Crippen molar-refractivity contribution in [3.63, 3.8) is 0 Å². The number of carbonyl (C=O) groups is 1. The van der Waals surface area contributed by atoms with E-state index in [1.54, 1.807) is 24.3 Å². The summed E-state index contributed by atoms with van der Waals surface area (Å²) in [6, 6.07) is 10.5. The molecular weight excluding hydrogens is 376 g/mol. The highest BCUT2D eigenvalue weighted by Gasteiger charge is 2.17. The second-order valence-corrected chi connectivity index (χ2v) is 6.25. The minimum atomic E-state index is -0.853. The number of methoxy groups -OCH3 is 1. The number of rotatable bonds is 6. The molecular formula is C17H15F2N5O2S. The van der Waals surface area contributed by atoms with Crippen LogP contribution in [0.1, 0.15) is 0 Å². The number of benzene rings is 2. The van der Waals surface area contributed by atoms with Gasteiger partial charge in [-0.3, -0.25) is 4.79 Å². The Morgan fingerprint density at radius 3 is 2.59 bits per heavy atom. The lowest BCUT2D eigenvalue weighted by atomic mass is 10.2. The lowest BCUT2D eigenvalue weighted by Gasteiger charge is -2.08. The molecule has 3 N–H and O–H groups in total. The molecule has 0 aliphatic rings. The number of carbonyl (C=O) groups excluding carboxylic acids is 1. The summed E-state index contributed by atoms with van der Waals surface area (Å²) in [5.41, 5.74) is 0.145. The van der Waals surface area contributed by atoms with E-state index < -0.39 is 23.2 Å². The lowest BCUT2D eigenvalue weighted by molar-refractivity contribution is -0.113. The smallest absolute Gasteiger partial charge is 0.235 e. The average molecular weight is 391 g/mol. The first-order valence-electron chi connectivity index (χ1n) is 7.71. The molecule has 0 spiro atoms. The number of anilines is 1. The number of nitrogens with two attached hydrogens (primary N) is 1. The molecule has 1 aromatic heterocycles. The summed E-state index contributed by atoms with van der Waals surface area (Å²) >= 11 is 0.982. The number of nitrogens with zero attached hydrogens (tertiary/aromatic N) is 3. The third-order valence-corrected chi connectivity index (χ3v) is 4.52. The van der Waals surface area contributed by atoms with E-state index in [2.05, 4.69) is 15.5 Å². The molecule has 0 fully saturated rings. The fourth-order valence-electron chi connectivity index (χ4n) is 2.31. The molecule has 1 heterocycles. The maximum absolute atomic E-state index is 13.6. The Morgan fingerprint density at radius 2 is 1.89 bits per heavy atom. The Kier molecular flexibility index (Phi) is 5.55. The van der Waals surface area contributed by atoms with Crippen molar-refractivity contribution in [2.75, 3.05) is 24.0 Å². The van der Waals surface area contributed by atoms with Crippen LogP contribution < -0.4 is 15.9 Å². The van der Waals surface area contributed by atoms with E-state index in [-0.39, 0.29) is 10.9 Å². The number of hydrogen-bond acceptors (Lipinski definition) is 6. The van der Waals surface area contributed by atoms with Gasteiger partial charge in [0.2, 0.25) is 11.1 Å². The average Bonchev–Trinajstić information content (AvgIpc) is 3.03. The van der Waals surface area contributed by atoms with Gasteiger partial charge in [-0.2, -0.15) is 0 Å². The second-order valence-electron chi connectivity index (χ2n) is 5.31. The van der Waals surface area contributed by atoms with Crippen molar-refractivity contribution in [2.45, 2.75) is 5.16 Å². The molecule has 0 atom stereocenters. The van der Waals surface area contributed by atoms with Crippen LogP contribution in [-0.4, -0.2) is 33.6 Å². The normalized spacial score (nSPS) is 10.6. The SMILES string of the molecule is COc1ccccc1-c1nnc(SCC(=O)Nc2c(F)cccc2F)n1N. The number of nitrogen functional groups attached to an aromatic ring is 1. The Morgan fingerprint density at radius 1 is 1.19 bits per heavy atom. The highest BCUT2D eigenvalue weighted by Crippen LogP contribution is 2.29. The maximum atomic E-state index is 13.6. The number of nitrogens with one attached hydrogen (secondary N) is 1. The predicted octanol–water partition coefficient (Wildman–Crippen LogP) is 2.68. The van der Waals surface area contributed by atoms with Crippen LogP contribution >= 0.6 is 11.8 Å². The van der Waals surface area contributed by atoms with Crippen LogP contribution in [-0.2, 0) is 4.79 Å². The first kappa shape index (κ1) is 18.6. The summed E-state index contributed by atoms with van der Waals surface area (Å²) in [7, 11) is 1.53. The van der Waals surface area contributed by atoms with Gasteiger partial charge in [0.1, 0.15) is 23.1 Å². The van der Waals surface area contributed by atoms with Gasteiger partial charge in [0, 0.05) is 0 Å². The van der Waals surface area contributed by atoms with Gasteiger partial charge in [0.05, 0.1) is 18.4 Å². The molecule has 0 aliphatic carbocycles. The molecule has 27 heavy (non-hydrogen) atoms. The van der Waals surface area contributed by atoms with Crippen molar-refractivity contribution in [3.05, 3.63) is 54.1 Å². The predicted molar refractivity (Wildman–Crippen MR) is 97.9 cm³/mol. The molecule has 0 bridgehead atoms. The zero-order valence-electron chi connectivity index (χ0n) is 14.1. The number of para-hydroxylation sites is 2. The minimum Gasteiger partial charge on any atom is -0.496 e. The number of thioether (sulfide) groups is 1. The molecule has 0 unspecified atom stereocenters. The molecule has 10 heteroatoms. The van der Waals surface area contributed by atoms with Crippen LogP contribution in [0.15, 0.2) is 47.6 Å². The standard InChI is InChI=1S/C17H15F2N5O2S/c1-26-13-8-3-2-5-10(13)16-22-23-17(24(16)20)27-9-14(25)21-15-11(18)6-4-7-12(15)19/h2-8H,9,20H2,1H3,(H,21,25). The van der Waals surface area contributed by atoms with Gasteiger partial charge in [-0.1, -0.05) is 30.0 Å². The van der Waals surface area contributed by atoms with Crippen LogP contribution in [0.4, 0.5) is 14.5 Å². The van der Waals surface area contributed by atoms with E-state index in [1.807, 2.05) is 0 Å². The largest absolute Gasteiger partial charge is 0.496 e. The van der Waals surface area contributed by atoms with E-state index >= 15 is 0 Å². The Bertz CT molecular complexity index is 959. The fraction of sp³-hybridized carbons (Fsp3) is 0.118. The van der Waals surface area contributed by atoms with Crippen molar-refractivity contribution in [3.8, 4) is 17.1 Å². The molecule has 1 amide bonds. The molecule has 0 saturated carbocycles. The van der Waals surface area contributed by atoms with Crippen LogP contribution in [0.25, 0.3) is 11.4 Å². The first-order valence-corrected chi connectivity index (χ1v) is 8.70. The third kappa shape index (κ3) is 4.00. The minimum absolute atomic E-state index is 0.158. The first-order chi connectivity index (χ1) is 13.0. The van der Waals surface area contributed by atoms with Crippen LogP contribution in [0.2, 0.25) is 0 Å². The zero-order valence-corrected chi connectivity index (χ0v) is 15.0. The molecule has 3 aromatic rings. The third-order valence-electron chi connectivity index (χ3n) is 3.57. The van der Waals surface area contributed by atoms with E-state index in [9.17, 15) is 13.6 Å². The zero-order chi connectivity index (χ0) is 19.4. The molecule has 0 radical (unpaired) electrons. The van der Waals surface area contributed by atoms with Crippen LogP contribution in [0.5, 0.6) is 5.75 Å². The van der Waals surface area contributed by atoms with Gasteiger partial charge in [-0.25, -0.2) is 13.5 Å². The van der Waals surface area contributed by atoms with Gasteiger partial charge in [0.25, 0.3) is 0 Å². The van der Waals surface area contributed by atoms with Crippen LogP contribution in [0.3, 0.4) is 0 Å². The van der Waals surface area contributed by atoms with Crippen molar-refractivity contribution in [1.29, 1.82) is 0 Å².